The van der Waals surface area contributed by atoms with Crippen molar-refractivity contribution in [2.75, 3.05) is 32.7 Å². The average Bonchev–Trinajstić information content (AvgIpc) is 2.78. The lowest BCUT2D eigenvalue weighted by atomic mass is 9.97. The van der Waals surface area contributed by atoms with Crippen LogP contribution in [0, 0.1) is 0 Å². The van der Waals surface area contributed by atoms with Gasteiger partial charge in [-0.2, -0.15) is 0 Å². The van der Waals surface area contributed by atoms with E-state index >= 15 is 0 Å². The maximum absolute atomic E-state index is 13.4. The van der Waals surface area contributed by atoms with Gasteiger partial charge in [0.05, 0.1) is 6.54 Å². The maximum atomic E-state index is 13.4. The number of carbonyl (C=O) groups excluding carboxylic acids is 2. The Hall–Kier alpha value is -2.66. The van der Waals surface area contributed by atoms with E-state index < -0.39 is 0 Å². The largest absolute Gasteiger partial charge is 0.337 e. The summed E-state index contributed by atoms with van der Waals surface area (Å²) in [5, 5.41) is 3.13. The topological polar surface area (TPSA) is 52.7 Å². The van der Waals surface area contributed by atoms with Crippen LogP contribution in [0.15, 0.2) is 54.6 Å². The average molecular weight is 392 g/mol. The van der Waals surface area contributed by atoms with E-state index in [9.17, 15) is 9.59 Å². The van der Waals surface area contributed by atoms with Gasteiger partial charge in [-0.25, -0.2) is 0 Å². The van der Waals surface area contributed by atoms with Crippen molar-refractivity contribution >= 4 is 11.8 Å². The molecular formula is C24H29N3O2. The lowest BCUT2D eigenvalue weighted by molar-refractivity contribution is -0.135. The summed E-state index contributed by atoms with van der Waals surface area (Å²) in [5.41, 5.74) is 3.18. The van der Waals surface area contributed by atoms with Gasteiger partial charge in [-0.3, -0.25) is 9.59 Å². The molecule has 2 heterocycles. The van der Waals surface area contributed by atoms with Crippen LogP contribution in [0.1, 0.15) is 34.3 Å². The van der Waals surface area contributed by atoms with Crippen molar-refractivity contribution in [3.8, 4) is 0 Å². The highest BCUT2D eigenvalue weighted by molar-refractivity contribution is 5.96. The molecule has 4 rings (SSSR count). The molecule has 5 heteroatoms. The van der Waals surface area contributed by atoms with Crippen LogP contribution in [0.4, 0.5) is 0 Å². The number of nitrogens with one attached hydrogen (secondary N) is 1. The quantitative estimate of drug-likeness (QED) is 0.852. The number of benzene rings is 2. The first-order chi connectivity index (χ1) is 14.2. The molecule has 0 aromatic heterocycles. The van der Waals surface area contributed by atoms with Crippen molar-refractivity contribution in [3.63, 3.8) is 0 Å². The van der Waals surface area contributed by atoms with Crippen LogP contribution in [-0.2, 0) is 17.6 Å². The molecule has 29 heavy (non-hydrogen) atoms. The zero-order valence-electron chi connectivity index (χ0n) is 16.8. The van der Waals surface area contributed by atoms with Crippen molar-refractivity contribution in [2.45, 2.75) is 31.7 Å². The molecule has 2 aliphatic rings. The van der Waals surface area contributed by atoms with E-state index in [-0.39, 0.29) is 17.9 Å². The van der Waals surface area contributed by atoms with Gasteiger partial charge in [-0.15, -0.1) is 0 Å². The van der Waals surface area contributed by atoms with E-state index in [1.54, 1.807) is 0 Å². The van der Waals surface area contributed by atoms with Crippen LogP contribution in [-0.4, -0.2) is 60.4 Å². The van der Waals surface area contributed by atoms with Crippen molar-refractivity contribution in [2.24, 2.45) is 0 Å². The molecule has 2 amide bonds. The van der Waals surface area contributed by atoms with Crippen molar-refractivity contribution in [1.29, 1.82) is 0 Å². The Bertz CT molecular complexity index is 852. The van der Waals surface area contributed by atoms with Gasteiger partial charge in [-0.1, -0.05) is 48.5 Å². The van der Waals surface area contributed by atoms with Crippen LogP contribution in [0.2, 0.25) is 0 Å². The third-order valence-electron chi connectivity index (χ3n) is 6.02. The summed E-state index contributed by atoms with van der Waals surface area (Å²) in [4.78, 5) is 29.5. The van der Waals surface area contributed by atoms with Gasteiger partial charge >= 0.3 is 0 Å². The summed E-state index contributed by atoms with van der Waals surface area (Å²) in [6.45, 7) is 3.38. The Morgan fingerprint density at radius 2 is 1.79 bits per heavy atom. The monoisotopic (exact) mass is 391 g/mol. The van der Waals surface area contributed by atoms with Gasteiger partial charge in [-0.05, 0) is 42.9 Å². The molecule has 2 fully saturated rings. The normalized spacial score (nSPS) is 20.0. The molecule has 0 aliphatic carbocycles. The molecule has 2 saturated heterocycles. The summed E-state index contributed by atoms with van der Waals surface area (Å²) in [5.74, 6) is 0.250. The van der Waals surface area contributed by atoms with Gasteiger partial charge in [0.25, 0.3) is 5.91 Å². The van der Waals surface area contributed by atoms with Gasteiger partial charge in [0.2, 0.25) is 5.91 Å². The number of piperidine rings is 1. The molecule has 1 atom stereocenters. The summed E-state index contributed by atoms with van der Waals surface area (Å²) in [6, 6.07) is 18.5. The molecule has 1 unspecified atom stereocenters. The number of rotatable bonds is 5. The number of hydrogen-bond donors (Lipinski definition) is 1. The van der Waals surface area contributed by atoms with Crippen LogP contribution in [0.3, 0.4) is 0 Å². The Labute approximate surface area is 172 Å². The summed E-state index contributed by atoms with van der Waals surface area (Å²) < 4.78 is 0. The van der Waals surface area contributed by atoms with Crippen molar-refractivity contribution in [3.05, 3.63) is 71.3 Å². The molecule has 0 radical (unpaired) electrons. The number of carbonyl (C=O) groups is 2. The second-order valence-corrected chi connectivity index (χ2v) is 7.95. The predicted molar refractivity (Wildman–Crippen MR) is 114 cm³/mol. The molecular weight excluding hydrogens is 362 g/mol. The zero-order valence-corrected chi connectivity index (χ0v) is 16.8. The first kappa shape index (κ1) is 19.6. The second-order valence-electron chi connectivity index (χ2n) is 7.95. The maximum Gasteiger partial charge on any atom is 0.254 e. The van der Waals surface area contributed by atoms with Gasteiger partial charge < -0.3 is 15.1 Å². The number of hydrogen-bond acceptors (Lipinski definition) is 3. The molecule has 2 aromatic carbocycles. The minimum Gasteiger partial charge on any atom is -0.337 e. The molecule has 152 valence electrons. The minimum atomic E-state index is 0.0981. The van der Waals surface area contributed by atoms with Gasteiger partial charge in [0.1, 0.15) is 0 Å². The third-order valence-corrected chi connectivity index (χ3v) is 6.02. The van der Waals surface area contributed by atoms with Crippen molar-refractivity contribution in [1.82, 2.24) is 15.1 Å². The van der Waals surface area contributed by atoms with Gasteiger partial charge in [0.15, 0.2) is 0 Å². The molecule has 2 aliphatic heterocycles. The van der Waals surface area contributed by atoms with Crippen LogP contribution >= 0.6 is 0 Å². The molecule has 5 nitrogen and oxygen atoms in total. The predicted octanol–water partition coefficient (Wildman–Crippen LogP) is 2.51. The van der Waals surface area contributed by atoms with E-state index in [2.05, 4.69) is 35.6 Å². The molecule has 0 spiro atoms. The highest BCUT2D eigenvalue weighted by Crippen LogP contribution is 2.21. The number of aryl methyl sites for hydroxylation is 2. The highest BCUT2D eigenvalue weighted by Gasteiger charge is 2.32. The molecule has 0 bridgehead atoms. The van der Waals surface area contributed by atoms with Crippen molar-refractivity contribution < 1.29 is 9.59 Å². The lowest BCUT2D eigenvalue weighted by Gasteiger charge is -2.41. The Balaban J connectivity index is 1.45. The fourth-order valence-electron chi connectivity index (χ4n) is 4.44. The molecule has 0 saturated carbocycles. The summed E-state index contributed by atoms with van der Waals surface area (Å²) in [7, 11) is 0. The molecule has 1 N–H and O–H groups in total. The first-order valence-electron chi connectivity index (χ1n) is 10.6. The Kier molecular flexibility index (Phi) is 6.25. The smallest absolute Gasteiger partial charge is 0.254 e. The molecule has 2 aromatic rings. The number of likely N-dealkylation sites (tertiary alicyclic amines) is 1. The standard InChI is InChI=1S/C24H29N3O2/c28-23-17-25-14-16-27(23)21-10-6-15-26(18-21)24(29)22-11-5-4-9-20(22)13-12-19-7-2-1-3-8-19/h1-5,7-9,11,21,25H,6,10,12-18H2. The van der Waals surface area contributed by atoms with E-state index in [0.717, 1.165) is 56.4 Å². The summed E-state index contributed by atoms with van der Waals surface area (Å²) >= 11 is 0. The number of piperazine rings is 1. The van der Waals surface area contributed by atoms with E-state index in [4.69, 9.17) is 0 Å². The fourth-order valence-corrected chi connectivity index (χ4v) is 4.44. The van der Waals surface area contributed by atoms with Crippen LogP contribution < -0.4 is 5.32 Å². The fraction of sp³-hybridized carbons (Fsp3) is 0.417. The van der Waals surface area contributed by atoms with Crippen LogP contribution in [0.25, 0.3) is 0 Å². The number of amides is 2. The second kappa shape index (κ2) is 9.23. The third kappa shape index (κ3) is 4.67. The van der Waals surface area contributed by atoms with E-state index in [1.807, 2.05) is 34.1 Å². The minimum absolute atomic E-state index is 0.0981. The Morgan fingerprint density at radius 1 is 1.00 bits per heavy atom. The van der Waals surface area contributed by atoms with E-state index in [1.165, 1.54) is 5.56 Å². The SMILES string of the molecule is O=C(c1ccccc1CCc1ccccc1)N1CCCC(N2CCNCC2=O)C1. The number of nitrogens with zero attached hydrogens (tertiary/aromatic N) is 2. The van der Waals surface area contributed by atoms with E-state index in [0.29, 0.717) is 13.1 Å². The lowest BCUT2D eigenvalue weighted by Crippen LogP contribution is -2.57. The zero-order chi connectivity index (χ0) is 20.1. The Morgan fingerprint density at radius 3 is 2.62 bits per heavy atom. The summed E-state index contributed by atoms with van der Waals surface area (Å²) in [6.07, 6.45) is 3.69. The highest BCUT2D eigenvalue weighted by atomic mass is 16.2. The van der Waals surface area contributed by atoms with Gasteiger partial charge in [0, 0.05) is 37.8 Å². The van der Waals surface area contributed by atoms with Crippen LogP contribution in [0.5, 0.6) is 0 Å². The first-order valence-corrected chi connectivity index (χ1v) is 10.6.